The van der Waals surface area contributed by atoms with Crippen molar-refractivity contribution in [2.75, 3.05) is 18.4 Å². The van der Waals surface area contributed by atoms with Crippen LogP contribution in [-0.4, -0.2) is 19.1 Å². The Morgan fingerprint density at radius 2 is 2.19 bits per heavy atom. The van der Waals surface area contributed by atoms with Crippen molar-refractivity contribution >= 4 is 21.6 Å². The number of anilines is 1. The lowest BCUT2D eigenvalue weighted by atomic mass is 10.1. The van der Waals surface area contributed by atoms with E-state index in [4.69, 9.17) is 0 Å². The molecule has 0 aliphatic carbocycles. The topological polar surface area (TPSA) is 24.1 Å². The summed E-state index contributed by atoms with van der Waals surface area (Å²) in [5.74, 6) is -1.13. The van der Waals surface area contributed by atoms with Crippen molar-refractivity contribution in [2.45, 2.75) is 18.9 Å². The lowest BCUT2D eigenvalue weighted by Gasteiger charge is -2.25. The summed E-state index contributed by atoms with van der Waals surface area (Å²) in [5, 5.41) is 6.32. The Balaban J connectivity index is 2.14. The van der Waals surface area contributed by atoms with Crippen LogP contribution in [0, 0.1) is 11.6 Å². The Morgan fingerprint density at radius 3 is 2.81 bits per heavy atom. The molecular weight excluding hydrogens is 278 g/mol. The molecule has 2 N–H and O–H groups in total. The van der Waals surface area contributed by atoms with E-state index in [2.05, 4.69) is 26.6 Å². The predicted octanol–water partition coefficient (Wildman–Crippen LogP) is 2.89. The second-order valence-electron chi connectivity index (χ2n) is 3.93. The predicted molar refractivity (Wildman–Crippen MR) is 63.6 cm³/mol. The van der Waals surface area contributed by atoms with E-state index < -0.39 is 11.6 Å². The first kappa shape index (κ1) is 11.8. The zero-order valence-electron chi connectivity index (χ0n) is 8.69. The standard InChI is InChI=1S/C11H13BrF2N2/c12-9-4-7(13)5-10(14)11(9)16-8-2-1-3-15-6-8/h4-5,8,15-16H,1-3,6H2. The largest absolute Gasteiger partial charge is 0.378 e. The van der Waals surface area contributed by atoms with Gasteiger partial charge in [0.1, 0.15) is 11.6 Å². The molecule has 1 aliphatic heterocycles. The van der Waals surface area contributed by atoms with Gasteiger partial charge in [-0.1, -0.05) is 0 Å². The van der Waals surface area contributed by atoms with Gasteiger partial charge in [0.15, 0.2) is 0 Å². The Kier molecular flexibility index (Phi) is 3.76. The zero-order valence-corrected chi connectivity index (χ0v) is 10.3. The van der Waals surface area contributed by atoms with Gasteiger partial charge in [-0.3, -0.25) is 0 Å². The Labute approximate surface area is 102 Å². The fourth-order valence-corrected chi connectivity index (χ4v) is 2.38. The maximum atomic E-state index is 13.5. The first-order valence-electron chi connectivity index (χ1n) is 5.28. The highest BCUT2D eigenvalue weighted by atomic mass is 79.9. The van der Waals surface area contributed by atoms with Gasteiger partial charge in [-0.2, -0.15) is 0 Å². The Hall–Kier alpha value is -0.680. The van der Waals surface area contributed by atoms with Gasteiger partial charge < -0.3 is 10.6 Å². The van der Waals surface area contributed by atoms with Crippen molar-refractivity contribution in [1.82, 2.24) is 5.32 Å². The van der Waals surface area contributed by atoms with E-state index in [0.29, 0.717) is 10.2 Å². The van der Waals surface area contributed by atoms with Crippen LogP contribution in [0.5, 0.6) is 0 Å². The number of hydrogen-bond acceptors (Lipinski definition) is 2. The number of piperidine rings is 1. The molecule has 0 radical (unpaired) electrons. The van der Waals surface area contributed by atoms with Crippen LogP contribution in [0.4, 0.5) is 14.5 Å². The molecule has 0 saturated carbocycles. The van der Waals surface area contributed by atoms with Gasteiger partial charge in [0.25, 0.3) is 0 Å². The molecule has 1 fully saturated rings. The molecule has 0 amide bonds. The number of hydrogen-bond donors (Lipinski definition) is 2. The molecule has 0 aromatic heterocycles. The maximum Gasteiger partial charge on any atom is 0.150 e. The molecule has 1 aromatic rings. The first-order chi connectivity index (χ1) is 7.66. The van der Waals surface area contributed by atoms with E-state index in [0.717, 1.165) is 32.0 Å². The quantitative estimate of drug-likeness (QED) is 0.875. The molecule has 1 atom stereocenters. The SMILES string of the molecule is Fc1cc(F)c(NC2CCCNC2)c(Br)c1. The van der Waals surface area contributed by atoms with E-state index in [1.165, 1.54) is 6.07 Å². The van der Waals surface area contributed by atoms with Crippen LogP contribution in [-0.2, 0) is 0 Å². The van der Waals surface area contributed by atoms with E-state index in [9.17, 15) is 8.78 Å². The monoisotopic (exact) mass is 290 g/mol. The third-order valence-electron chi connectivity index (χ3n) is 2.65. The number of benzene rings is 1. The van der Waals surface area contributed by atoms with Crippen molar-refractivity contribution < 1.29 is 8.78 Å². The molecule has 1 unspecified atom stereocenters. The first-order valence-corrected chi connectivity index (χ1v) is 6.08. The van der Waals surface area contributed by atoms with Crippen LogP contribution in [0.1, 0.15) is 12.8 Å². The third kappa shape index (κ3) is 2.71. The minimum Gasteiger partial charge on any atom is -0.378 e. The summed E-state index contributed by atoms with van der Waals surface area (Å²) >= 11 is 3.16. The summed E-state index contributed by atoms with van der Waals surface area (Å²) in [5.41, 5.74) is 0.343. The second-order valence-corrected chi connectivity index (χ2v) is 4.79. The number of nitrogens with one attached hydrogen (secondary N) is 2. The van der Waals surface area contributed by atoms with E-state index in [1.807, 2.05) is 0 Å². The molecule has 2 nitrogen and oxygen atoms in total. The van der Waals surface area contributed by atoms with Gasteiger partial charge in [-0.05, 0) is 41.4 Å². The van der Waals surface area contributed by atoms with Crippen molar-refractivity contribution in [3.8, 4) is 0 Å². The minimum atomic E-state index is -0.573. The van der Waals surface area contributed by atoms with Crippen LogP contribution in [0.2, 0.25) is 0 Å². The van der Waals surface area contributed by atoms with Gasteiger partial charge in [-0.25, -0.2) is 8.78 Å². The molecule has 5 heteroatoms. The summed E-state index contributed by atoms with van der Waals surface area (Å²) in [6, 6.07) is 2.36. The van der Waals surface area contributed by atoms with E-state index in [1.54, 1.807) is 0 Å². The fraction of sp³-hybridized carbons (Fsp3) is 0.455. The molecule has 88 valence electrons. The number of halogens is 3. The van der Waals surface area contributed by atoms with Crippen LogP contribution in [0.3, 0.4) is 0 Å². The van der Waals surface area contributed by atoms with Gasteiger partial charge in [0.2, 0.25) is 0 Å². The average molecular weight is 291 g/mol. The van der Waals surface area contributed by atoms with Gasteiger partial charge in [0, 0.05) is 23.1 Å². The highest BCUT2D eigenvalue weighted by molar-refractivity contribution is 9.10. The summed E-state index contributed by atoms with van der Waals surface area (Å²) < 4.78 is 26.8. The minimum absolute atomic E-state index is 0.199. The number of rotatable bonds is 2. The molecule has 1 aromatic carbocycles. The van der Waals surface area contributed by atoms with Crippen molar-refractivity contribution in [1.29, 1.82) is 0 Å². The molecule has 1 saturated heterocycles. The normalized spacial score (nSPS) is 20.8. The molecule has 2 rings (SSSR count). The summed E-state index contributed by atoms with van der Waals surface area (Å²) in [6.45, 7) is 1.81. The van der Waals surface area contributed by atoms with E-state index >= 15 is 0 Å². The van der Waals surface area contributed by atoms with Gasteiger partial charge >= 0.3 is 0 Å². The average Bonchev–Trinajstić information content (AvgIpc) is 2.25. The highest BCUT2D eigenvalue weighted by Crippen LogP contribution is 2.28. The fourth-order valence-electron chi connectivity index (χ4n) is 1.86. The maximum absolute atomic E-state index is 13.5. The van der Waals surface area contributed by atoms with Crippen LogP contribution in [0.15, 0.2) is 16.6 Å². The van der Waals surface area contributed by atoms with Crippen molar-refractivity contribution in [2.24, 2.45) is 0 Å². The Bertz CT molecular complexity index is 355. The van der Waals surface area contributed by atoms with Crippen molar-refractivity contribution in [3.05, 3.63) is 28.2 Å². The molecule has 16 heavy (non-hydrogen) atoms. The summed E-state index contributed by atoms with van der Waals surface area (Å²) in [4.78, 5) is 0. The van der Waals surface area contributed by atoms with Crippen LogP contribution in [0.25, 0.3) is 0 Å². The van der Waals surface area contributed by atoms with Gasteiger partial charge in [0.05, 0.1) is 5.69 Å². The summed E-state index contributed by atoms with van der Waals surface area (Å²) in [7, 11) is 0. The molecule has 0 spiro atoms. The lowest BCUT2D eigenvalue weighted by Crippen LogP contribution is -2.38. The van der Waals surface area contributed by atoms with Crippen LogP contribution >= 0.6 is 15.9 Å². The van der Waals surface area contributed by atoms with E-state index in [-0.39, 0.29) is 6.04 Å². The van der Waals surface area contributed by atoms with Crippen LogP contribution < -0.4 is 10.6 Å². The molecule has 0 bridgehead atoms. The summed E-state index contributed by atoms with van der Waals surface area (Å²) in [6.07, 6.45) is 2.06. The smallest absolute Gasteiger partial charge is 0.150 e. The molecule has 1 heterocycles. The van der Waals surface area contributed by atoms with Gasteiger partial charge in [-0.15, -0.1) is 0 Å². The van der Waals surface area contributed by atoms with Crippen molar-refractivity contribution in [3.63, 3.8) is 0 Å². The molecule has 1 aliphatic rings. The third-order valence-corrected chi connectivity index (χ3v) is 3.28. The highest BCUT2D eigenvalue weighted by Gasteiger charge is 2.16. The second kappa shape index (κ2) is 5.10. The lowest BCUT2D eigenvalue weighted by molar-refractivity contribution is 0.477. The molecular formula is C11H13BrF2N2. The zero-order chi connectivity index (χ0) is 11.5. The Morgan fingerprint density at radius 1 is 1.38 bits per heavy atom.